The second-order valence-corrected chi connectivity index (χ2v) is 3.78. The summed E-state index contributed by atoms with van der Waals surface area (Å²) in [7, 11) is 0. The van der Waals surface area contributed by atoms with E-state index in [2.05, 4.69) is 15.5 Å². The zero-order chi connectivity index (χ0) is 11.3. The summed E-state index contributed by atoms with van der Waals surface area (Å²) in [5.74, 6) is 0.177. The molecule has 86 valence electrons. The summed E-state index contributed by atoms with van der Waals surface area (Å²) in [4.78, 5) is 0. The fourth-order valence-electron chi connectivity index (χ4n) is 0.704. The lowest BCUT2D eigenvalue weighted by molar-refractivity contribution is -0.0327. The molecule has 0 bridgehead atoms. The number of nitrogens with one attached hydrogen (secondary N) is 1. The molecule has 0 radical (unpaired) electrons. The Morgan fingerprint density at radius 3 is 2.67 bits per heavy atom. The Hall–Kier alpha value is -0.630. The smallest absolute Gasteiger partial charge is 0.407 e. The number of halogens is 4. The molecule has 0 aliphatic carbocycles. The first kappa shape index (κ1) is 12.4. The SMILES string of the molecule is FC(F)(F)SCCNc1nnc(CCl)o1. The van der Waals surface area contributed by atoms with Crippen molar-refractivity contribution in [3.8, 4) is 0 Å². The van der Waals surface area contributed by atoms with Crippen LogP contribution in [-0.2, 0) is 5.88 Å². The second-order valence-electron chi connectivity index (χ2n) is 2.36. The van der Waals surface area contributed by atoms with Gasteiger partial charge < -0.3 is 9.73 Å². The van der Waals surface area contributed by atoms with Crippen LogP contribution in [0, 0.1) is 0 Å². The Bertz CT molecular complexity index is 306. The van der Waals surface area contributed by atoms with Gasteiger partial charge in [0.15, 0.2) is 0 Å². The topological polar surface area (TPSA) is 51.0 Å². The molecule has 4 nitrogen and oxygen atoms in total. The van der Waals surface area contributed by atoms with Crippen LogP contribution in [0.15, 0.2) is 4.42 Å². The van der Waals surface area contributed by atoms with Crippen molar-refractivity contribution >= 4 is 29.4 Å². The van der Waals surface area contributed by atoms with Crippen LogP contribution < -0.4 is 5.32 Å². The molecule has 0 amide bonds. The van der Waals surface area contributed by atoms with Crippen LogP contribution >= 0.6 is 23.4 Å². The third-order valence-corrected chi connectivity index (χ3v) is 2.19. The molecule has 0 fully saturated rings. The minimum absolute atomic E-state index is 0.0754. The van der Waals surface area contributed by atoms with Gasteiger partial charge in [0.25, 0.3) is 0 Å². The van der Waals surface area contributed by atoms with E-state index < -0.39 is 5.51 Å². The molecule has 1 aromatic rings. The number of alkyl halides is 4. The van der Waals surface area contributed by atoms with Crippen LogP contribution in [0.25, 0.3) is 0 Å². The van der Waals surface area contributed by atoms with Crippen molar-refractivity contribution in [3.05, 3.63) is 5.89 Å². The van der Waals surface area contributed by atoms with E-state index in [1.165, 1.54) is 0 Å². The molecule has 0 saturated carbocycles. The Morgan fingerprint density at radius 1 is 1.40 bits per heavy atom. The van der Waals surface area contributed by atoms with Crippen LogP contribution in [0.1, 0.15) is 5.89 Å². The van der Waals surface area contributed by atoms with Gasteiger partial charge in [-0.2, -0.15) is 13.2 Å². The molecule has 1 aromatic heterocycles. The van der Waals surface area contributed by atoms with Gasteiger partial charge in [-0.15, -0.1) is 16.7 Å². The zero-order valence-electron chi connectivity index (χ0n) is 7.34. The van der Waals surface area contributed by atoms with Gasteiger partial charge in [-0.05, 0) is 11.8 Å². The zero-order valence-corrected chi connectivity index (χ0v) is 8.92. The van der Waals surface area contributed by atoms with Gasteiger partial charge in [0.1, 0.15) is 5.88 Å². The summed E-state index contributed by atoms with van der Waals surface area (Å²) in [6.07, 6.45) is 0. The lowest BCUT2D eigenvalue weighted by atomic mass is 10.7. The minimum Gasteiger partial charge on any atom is -0.407 e. The number of thioether (sulfide) groups is 1. The van der Waals surface area contributed by atoms with E-state index >= 15 is 0 Å². The van der Waals surface area contributed by atoms with Crippen molar-refractivity contribution in [2.45, 2.75) is 11.4 Å². The summed E-state index contributed by atoms with van der Waals surface area (Å²) in [6, 6.07) is 0.0772. The average Bonchev–Trinajstić information content (AvgIpc) is 2.59. The first-order chi connectivity index (χ1) is 7.01. The number of rotatable bonds is 5. The summed E-state index contributed by atoms with van der Waals surface area (Å²) < 4.78 is 40.0. The highest BCUT2D eigenvalue weighted by Crippen LogP contribution is 2.29. The first-order valence-electron chi connectivity index (χ1n) is 3.84. The highest BCUT2D eigenvalue weighted by Gasteiger charge is 2.27. The Kier molecular flexibility index (Phi) is 4.52. The standard InChI is InChI=1S/C6H7ClF3N3OS/c7-3-4-12-13-5(14-4)11-1-2-15-6(8,9)10/h1-3H2,(H,11,13). The molecule has 1 N–H and O–H groups in total. The predicted molar refractivity (Wildman–Crippen MR) is 50.9 cm³/mol. The van der Waals surface area contributed by atoms with E-state index in [1.54, 1.807) is 0 Å². The maximum Gasteiger partial charge on any atom is 0.441 e. The Labute approximate surface area is 92.6 Å². The third-order valence-electron chi connectivity index (χ3n) is 1.23. The molecule has 0 atom stereocenters. The molecule has 0 saturated heterocycles. The van der Waals surface area contributed by atoms with Gasteiger partial charge in [-0.25, -0.2) is 0 Å². The molecule has 0 unspecified atom stereocenters. The number of anilines is 1. The lowest BCUT2D eigenvalue weighted by Crippen LogP contribution is -2.09. The number of hydrogen-bond donors (Lipinski definition) is 1. The number of hydrogen-bond acceptors (Lipinski definition) is 5. The van der Waals surface area contributed by atoms with Gasteiger partial charge in [0.2, 0.25) is 5.89 Å². The van der Waals surface area contributed by atoms with Crippen LogP contribution in [0.2, 0.25) is 0 Å². The molecule has 1 heterocycles. The largest absolute Gasteiger partial charge is 0.441 e. The van der Waals surface area contributed by atoms with E-state index in [9.17, 15) is 13.2 Å². The van der Waals surface area contributed by atoms with E-state index in [1.807, 2.05) is 0 Å². The Balaban J connectivity index is 2.20. The van der Waals surface area contributed by atoms with Crippen LogP contribution in [0.4, 0.5) is 19.2 Å². The maximum absolute atomic E-state index is 11.7. The third kappa shape index (κ3) is 5.12. The highest BCUT2D eigenvalue weighted by atomic mass is 35.5. The summed E-state index contributed by atoms with van der Waals surface area (Å²) in [6.45, 7) is 0.0914. The molecule has 9 heteroatoms. The first-order valence-corrected chi connectivity index (χ1v) is 5.36. The monoisotopic (exact) mass is 261 g/mol. The summed E-state index contributed by atoms with van der Waals surface area (Å²) in [5, 5.41) is 9.59. The van der Waals surface area contributed by atoms with Gasteiger partial charge in [0.05, 0.1) is 0 Å². The van der Waals surface area contributed by atoms with E-state index in [0.717, 1.165) is 0 Å². The molecule has 15 heavy (non-hydrogen) atoms. The van der Waals surface area contributed by atoms with Crippen molar-refractivity contribution in [2.24, 2.45) is 0 Å². The fourth-order valence-corrected chi connectivity index (χ4v) is 1.25. The van der Waals surface area contributed by atoms with Crippen molar-refractivity contribution in [1.82, 2.24) is 10.2 Å². The van der Waals surface area contributed by atoms with Gasteiger partial charge in [-0.3, -0.25) is 0 Å². The highest BCUT2D eigenvalue weighted by molar-refractivity contribution is 8.00. The van der Waals surface area contributed by atoms with Crippen molar-refractivity contribution in [1.29, 1.82) is 0 Å². The van der Waals surface area contributed by atoms with Gasteiger partial charge in [0, 0.05) is 12.3 Å². The van der Waals surface area contributed by atoms with Gasteiger partial charge >= 0.3 is 11.5 Å². The van der Waals surface area contributed by atoms with Crippen LogP contribution in [0.5, 0.6) is 0 Å². The molecular weight excluding hydrogens is 255 g/mol. The minimum atomic E-state index is -4.21. The average molecular weight is 262 g/mol. The lowest BCUT2D eigenvalue weighted by Gasteiger charge is -2.04. The van der Waals surface area contributed by atoms with Crippen molar-refractivity contribution < 1.29 is 17.6 Å². The number of aromatic nitrogens is 2. The maximum atomic E-state index is 11.7. The quantitative estimate of drug-likeness (QED) is 0.652. The fraction of sp³-hybridized carbons (Fsp3) is 0.667. The predicted octanol–water partition coefficient (Wildman–Crippen LogP) is 2.47. The van der Waals surface area contributed by atoms with E-state index in [4.69, 9.17) is 16.0 Å². The summed E-state index contributed by atoms with van der Waals surface area (Å²) >= 11 is 5.27. The molecule has 0 aliphatic heterocycles. The van der Waals surface area contributed by atoms with E-state index in [0.29, 0.717) is 0 Å². The molecule has 0 aliphatic rings. The molecule has 0 aromatic carbocycles. The molecular formula is C6H7ClF3N3OS. The second kappa shape index (κ2) is 5.45. The molecule has 0 spiro atoms. The number of nitrogens with zero attached hydrogens (tertiary/aromatic N) is 2. The van der Waals surface area contributed by atoms with Crippen LogP contribution in [0.3, 0.4) is 0 Å². The summed E-state index contributed by atoms with van der Waals surface area (Å²) in [5.41, 5.74) is -4.21. The Morgan fingerprint density at radius 2 is 2.13 bits per heavy atom. The van der Waals surface area contributed by atoms with Crippen LogP contribution in [-0.4, -0.2) is 28.0 Å². The molecule has 1 rings (SSSR count). The van der Waals surface area contributed by atoms with Gasteiger partial charge in [-0.1, -0.05) is 5.10 Å². The van der Waals surface area contributed by atoms with E-state index in [-0.39, 0.29) is 41.8 Å². The normalized spacial score (nSPS) is 11.7. The van der Waals surface area contributed by atoms with Crippen molar-refractivity contribution in [3.63, 3.8) is 0 Å². The van der Waals surface area contributed by atoms with Crippen molar-refractivity contribution in [2.75, 3.05) is 17.6 Å².